The number of carbonyl (C=O) groups excluding carboxylic acids is 1. The van der Waals surface area contributed by atoms with Crippen molar-refractivity contribution in [1.29, 1.82) is 0 Å². The summed E-state index contributed by atoms with van der Waals surface area (Å²) in [5.41, 5.74) is 0.888. The second-order valence-corrected chi connectivity index (χ2v) is 6.86. The number of pyridine rings is 1. The van der Waals surface area contributed by atoms with E-state index < -0.39 is 0 Å². The topological polar surface area (TPSA) is 60.5 Å². The summed E-state index contributed by atoms with van der Waals surface area (Å²) in [7, 11) is 0. The van der Waals surface area contributed by atoms with Crippen molar-refractivity contribution in [3.8, 4) is 0 Å². The molecule has 0 unspecified atom stereocenters. The molecule has 5 nitrogen and oxygen atoms in total. The summed E-state index contributed by atoms with van der Waals surface area (Å²) < 4.78 is 11.5. The highest BCUT2D eigenvalue weighted by Gasteiger charge is 2.28. The Labute approximate surface area is 152 Å². The van der Waals surface area contributed by atoms with Gasteiger partial charge in [-0.1, -0.05) is 24.3 Å². The molecule has 0 spiro atoms. The van der Waals surface area contributed by atoms with E-state index in [9.17, 15) is 4.79 Å². The van der Waals surface area contributed by atoms with E-state index >= 15 is 0 Å². The lowest BCUT2D eigenvalue weighted by atomic mass is 10.1. The Balaban J connectivity index is 1.47. The number of thioether (sulfide) groups is 1. The Kier molecular flexibility index (Phi) is 6.85. The maximum absolute atomic E-state index is 12.2. The molecule has 6 heteroatoms. The standard InChI is InChI=1S/C19H22N2O3S/c22-19(14-25-16-7-2-1-3-8-16)21-17-13-23-11-9-18(17)24-12-15-6-4-5-10-20-15/h1-8,10,17-18H,9,11-14H2,(H,21,22)/t17-,18+/m1/s1. The molecule has 2 atom stereocenters. The van der Waals surface area contributed by atoms with E-state index in [1.807, 2.05) is 48.5 Å². The normalized spacial score (nSPS) is 20.2. The Morgan fingerprint density at radius 2 is 2.08 bits per heavy atom. The van der Waals surface area contributed by atoms with Crippen molar-refractivity contribution in [2.45, 2.75) is 30.1 Å². The van der Waals surface area contributed by atoms with Gasteiger partial charge in [0, 0.05) is 17.7 Å². The van der Waals surface area contributed by atoms with Crippen LogP contribution in [0.1, 0.15) is 12.1 Å². The molecule has 0 aliphatic carbocycles. The van der Waals surface area contributed by atoms with Crippen LogP contribution >= 0.6 is 11.8 Å². The fourth-order valence-corrected chi connectivity index (χ4v) is 3.37. The number of carbonyl (C=O) groups is 1. The van der Waals surface area contributed by atoms with E-state index in [1.165, 1.54) is 11.8 Å². The number of rotatable bonds is 7. The lowest BCUT2D eigenvalue weighted by Crippen LogP contribution is -2.51. The van der Waals surface area contributed by atoms with Gasteiger partial charge in [-0.15, -0.1) is 11.8 Å². The second kappa shape index (κ2) is 9.56. The van der Waals surface area contributed by atoms with Crippen LogP contribution in [0, 0.1) is 0 Å². The van der Waals surface area contributed by atoms with Gasteiger partial charge in [0.05, 0.1) is 36.8 Å². The van der Waals surface area contributed by atoms with Crippen LogP contribution in [0.25, 0.3) is 0 Å². The summed E-state index contributed by atoms with van der Waals surface area (Å²) >= 11 is 1.52. The van der Waals surface area contributed by atoms with Crippen LogP contribution in [0.4, 0.5) is 0 Å². The zero-order valence-electron chi connectivity index (χ0n) is 14.0. The van der Waals surface area contributed by atoms with E-state index in [0.29, 0.717) is 25.6 Å². The molecule has 132 valence electrons. The van der Waals surface area contributed by atoms with E-state index in [4.69, 9.17) is 9.47 Å². The largest absolute Gasteiger partial charge is 0.379 e. The monoisotopic (exact) mass is 358 g/mol. The molecule has 1 aromatic heterocycles. The molecule has 25 heavy (non-hydrogen) atoms. The molecule has 0 bridgehead atoms. The van der Waals surface area contributed by atoms with Crippen molar-refractivity contribution in [2.24, 2.45) is 0 Å². The summed E-state index contributed by atoms with van der Waals surface area (Å²) in [5, 5.41) is 3.05. The highest BCUT2D eigenvalue weighted by atomic mass is 32.2. The summed E-state index contributed by atoms with van der Waals surface area (Å²) in [5.74, 6) is 0.379. The van der Waals surface area contributed by atoms with Crippen LogP contribution in [0.15, 0.2) is 59.6 Å². The van der Waals surface area contributed by atoms with Gasteiger partial charge in [0.1, 0.15) is 0 Å². The van der Waals surface area contributed by atoms with Crippen LogP contribution < -0.4 is 5.32 Å². The third-order valence-electron chi connectivity index (χ3n) is 3.92. The minimum absolute atomic E-state index is 0.00390. The molecule has 1 aliphatic rings. The zero-order chi connectivity index (χ0) is 17.3. The van der Waals surface area contributed by atoms with Crippen LogP contribution in [0.2, 0.25) is 0 Å². The van der Waals surface area contributed by atoms with Gasteiger partial charge in [0.15, 0.2) is 0 Å². The third kappa shape index (κ3) is 5.85. The van der Waals surface area contributed by atoms with Gasteiger partial charge in [0.25, 0.3) is 0 Å². The average Bonchev–Trinajstić information content (AvgIpc) is 2.67. The van der Waals surface area contributed by atoms with E-state index in [-0.39, 0.29) is 18.1 Å². The minimum Gasteiger partial charge on any atom is -0.379 e. The predicted octanol–water partition coefficient (Wildman–Crippen LogP) is 2.66. The molecular formula is C19H22N2O3S. The smallest absolute Gasteiger partial charge is 0.230 e. The zero-order valence-corrected chi connectivity index (χ0v) is 14.8. The quantitative estimate of drug-likeness (QED) is 0.771. The molecule has 1 fully saturated rings. The Hall–Kier alpha value is -1.89. The number of nitrogens with one attached hydrogen (secondary N) is 1. The minimum atomic E-state index is -0.124. The van der Waals surface area contributed by atoms with Crippen molar-refractivity contribution in [1.82, 2.24) is 10.3 Å². The molecule has 0 radical (unpaired) electrons. The molecule has 1 N–H and O–H groups in total. The molecule has 3 rings (SSSR count). The van der Waals surface area contributed by atoms with Crippen LogP contribution in [0.3, 0.4) is 0 Å². The van der Waals surface area contributed by atoms with Crippen LogP contribution in [-0.2, 0) is 20.9 Å². The number of amides is 1. The third-order valence-corrected chi connectivity index (χ3v) is 4.94. The first-order valence-electron chi connectivity index (χ1n) is 8.38. The first-order chi connectivity index (χ1) is 12.3. The Morgan fingerprint density at radius 1 is 1.24 bits per heavy atom. The fourth-order valence-electron chi connectivity index (χ4n) is 2.64. The van der Waals surface area contributed by atoms with E-state index in [0.717, 1.165) is 17.0 Å². The summed E-state index contributed by atoms with van der Waals surface area (Å²) in [6.45, 7) is 1.57. The maximum atomic E-state index is 12.2. The van der Waals surface area contributed by atoms with Crippen LogP contribution in [0.5, 0.6) is 0 Å². The fraction of sp³-hybridized carbons (Fsp3) is 0.368. The number of nitrogens with zero attached hydrogens (tertiary/aromatic N) is 1. The number of benzene rings is 1. The second-order valence-electron chi connectivity index (χ2n) is 5.81. The molecule has 2 heterocycles. The molecule has 1 amide bonds. The summed E-state index contributed by atoms with van der Waals surface area (Å²) in [6.07, 6.45) is 2.47. The highest BCUT2D eigenvalue weighted by molar-refractivity contribution is 8.00. The molecule has 0 saturated carbocycles. The van der Waals surface area contributed by atoms with E-state index in [2.05, 4.69) is 10.3 Å². The number of hydrogen-bond donors (Lipinski definition) is 1. The van der Waals surface area contributed by atoms with Gasteiger partial charge in [-0.25, -0.2) is 0 Å². The molecular weight excluding hydrogens is 336 g/mol. The molecule has 1 saturated heterocycles. The summed E-state index contributed by atoms with van der Waals surface area (Å²) in [6, 6.07) is 15.5. The number of hydrogen-bond acceptors (Lipinski definition) is 5. The number of aromatic nitrogens is 1. The summed E-state index contributed by atoms with van der Waals surface area (Å²) in [4.78, 5) is 17.6. The highest BCUT2D eigenvalue weighted by Crippen LogP contribution is 2.18. The molecule has 2 aromatic rings. The van der Waals surface area contributed by atoms with Crippen molar-refractivity contribution >= 4 is 17.7 Å². The SMILES string of the molecule is O=C(CSc1ccccc1)N[C@@H]1COCC[C@@H]1OCc1ccccn1. The van der Waals surface area contributed by atoms with Gasteiger partial charge in [-0.2, -0.15) is 0 Å². The van der Waals surface area contributed by atoms with Gasteiger partial charge in [0.2, 0.25) is 5.91 Å². The lowest BCUT2D eigenvalue weighted by molar-refractivity contribution is -0.124. The van der Waals surface area contributed by atoms with Crippen LogP contribution in [-0.4, -0.2) is 42.0 Å². The molecule has 1 aromatic carbocycles. The maximum Gasteiger partial charge on any atom is 0.230 e. The average molecular weight is 358 g/mol. The van der Waals surface area contributed by atoms with Crippen molar-refractivity contribution in [3.63, 3.8) is 0 Å². The first-order valence-corrected chi connectivity index (χ1v) is 9.36. The number of ether oxygens (including phenoxy) is 2. The van der Waals surface area contributed by atoms with Gasteiger partial charge in [-0.3, -0.25) is 9.78 Å². The lowest BCUT2D eigenvalue weighted by Gasteiger charge is -2.32. The van der Waals surface area contributed by atoms with Crippen molar-refractivity contribution < 1.29 is 14.3 Å². The van der Waals surface area contributed by atoms with Crippen molar-refractivity contribution in [2.75, 3.05) is 19.0 Å². The predicted molar refractivity (Wildman–Crippen MR) is 97.3 cm³/mol. The van der Waals surface area contributed by atoms with Gasteiger partial charge < -0.3 is 14.8 Å². The van der Waals surface area contributed by atoms with E-state index in [1.54, 1.807) is 6.20 Å². The molecule has 1 aliphatic heterocycles. The Morgan fingerprint density at radius 3 is 2.88 bits per heavy atom. The van der Waals surface area contributed by atoms with Gasteiger partial charge in [-0.05, 0) is 30.7 Å². The van der Waals surface area contributed by atoms with Crippen molar-refractivity contribution in [3.05, 3.63) is 60.4 Å². The van der Waals surface area contributed by atoms with Gasteiger partial charge >= 0.3 is 0 Å². The first kappa shape index (κ1) is 17.9. The Bertz CT molecular complexity index is 654.